The van der Waals surface area contributed by atoms with Crippen molar-refractivity contribution in [1.82, 2.24) is 9.88 Å². The van der Waals surface area contributed by atoms with Gasteiger partial charge in [-0.05, 0) is 55.8 Å². The topological polar surface area (TPSA) is 53.4 Å². The highest BCUT2D eigenvalue weighted by molar-refractivity contribution is 7.18. The molecule has 0 saturated carbocycles. The minimum Gasteiger partial charge on any atom is -0.478 e. The molecule has 4 rings (SSSR count). The summed E-state index contributed by atoms with van der Waals surface area (Å²) in [4.78, 5) is 18.5. The van der Waals surface area contributed by atoms with Crippen LogP contribution in [0.5, 0.6) is 0 Å². The zero-order valence-corrected chi connectivity index (χ0v) is 15.8. The van der Waals surface area contributed by atoms with E-state index in [1.165, 1.54) is 9.71 Å². The fourth-order valence-corrected chi connectivity index (χ4v) is 4.82. The molecule has 6 heteroatoms. The van der Waals surface area contributed by atoms with E-state index >= 15 is 0 Å². The van der Waals surface area contributed by atoms with Crippen molar-refractivity contribution in [3.63, 3.8) is 0 Å². The molecular weight excluding hydrogens is 368 g/mol. The zero-order valence-electron chi connectivity index (χ0n) is 14.2. The van der Waals surface area contributed by atoms with Crippen LogP contribution in [-0.2, 0) is 6.54 Å². The Labute approximate surface area is 161 Å². The van der Waals surface area contributed by atoms with Crippen LogP contribution in [0.15, 0.2) is 42.5 Å². The third kappa shape index (κ3) is 3.61. The van der Waals surface area contributed by atoms with Gasteiger partial charge < -0.3 is 5.11 Å². The number of hydrogen-bond donors (Lipinski definition) is 1. The highest BCUT2D eigenvalue weighted by Gasteiger charge is 2.24. The first-order valence-electron chi connectivity index (χ1n) is 8.69. The lowest BCUT2D eigenvalue weighted by Crippen LogP contribution is -2.32. The number of carbonyl (C=O) groups is 1. The van der Waals surface area contributed by atoms with Crippen molar-refractivity contribution in [2.24, 2.45) is 0 Å². The van der Waals surface area contributed by atoms with Crippen LogP contribution in [-0.4, -0.2) is 34.0 Å². The predicted molar refractivity (Wildman–Crippen MR) is 105 cm³/mol. The van der Waals surface area contributed by atoms with Gasteiger partial charge in [0.2, 0.25) is 0 Å². The number of carboxylic acid groups (broad SMARTS) is 1. The molecule has 1 N–H and O–H groups in total. The fourth-order valence-electron chi connectivity index (χ4n) is 3.54. The maximum absolute atomic E-state index is 11.4. The monoisotopic (exact) mass is 386 g/mol. The van der Waals surface area contributed by atoms with Gasteiger partial charge in [-0.3, -0.25) is 4.90 Å². The number of carboxylic acids is 1. The van der Waals surface area contributed by atoms with E-state index < -0.39 is 5.97 Å². The van der Waals surface area contributed by atoms with E-state index in [0.29, 0.717) is 18.0 Å². The Balaban J connectivity index is 1.43. The van der Waals surface area contributed by atoms with Crippen LogP contribution >= 0.6 is 22.9 Å². The molecule has 1 fully saturated rings. The number of nitrogens with zero attached hydrogens (tertiary/aromatic N) is 2. The van der Waals surface area contributed by atoms with Gasteiger partial charge in [-0.1, -0.05) is 29.8 Å². The van der Waals surface area contributed by atoms with Crippen LogP contribution < -0.4 is 0 Å². The average Bonchev–Trinajstić information content (AvgIpc) is 3.05. The summed E-state index contributed by atoms with van der Waals surface area (Å²) < 4.78 is 1.18. The van der Waals surface area contributed by atoms with E-state index in [1.54, 1.807) is 23.5 Å². The summed E-state index contributed by atoms with van der Waals surface area (Å²) in [6.45, 7) is 2.59. The third-order valence-corrected chi connectivity index (χ3v) is 6.38. The third-order valence-electron chi connectivity index (χ3n) is 4.94. The molecule has 0 spiro atoms. The molecule has 4 nitrogen and oxygen atoms in total. The van der Waals surface area contributed by atoms with Crippen LogP contribution in [0.3, 0.4) is 0 Å². The molecule has 1 aromatic heterocycles. The van der Waals surface area contributed by atoms with Crippen molar-refractivity contribution < 1.29 is 9.90 Å². The summed E-state index contributed by atoms with van der Waals surface area (Å²) in [5, 5.41) is 11.3. The molecular formula is C20H19ClN2O2S. The Morgan fingerprint density at radius 2 is 2.00 bits per heavy atom. The standard InChI is InChI=1S/C20H19ClN2O2S/c21-15-5-6-18-17(11-15)22-19(26-18)13-7-9-23(10-8-13)12-14-3-1-2-4-16(14)20(24)25/h1-6,11,13H,7-10,12H2,(H,24,25). The number of aromatic nitrogens is 1. The van der Waals surface area contributed by atoms with Crippen LogP contribution in [0.1, 0.15) is 39.7 Å². The number of halogens is 1. The Bertz CT molecular complexity index is 948. The maximum atomic E-state index is 11.4. The lowest BCUT2D eigenvalue weighted by molar-refractivity contribution is 0.0694. The number of thiazole rings is 1. The second kappa shape index (κ2) is 7.35. The van der Waals surface area contributed by atoms with E-state index in [1.807, 2.05) is 30.3 Å². The van der Waals surface area contributed by atoms with Gasteiger partial charge in [-0.25, -0.2) is 9.78 Å². The number of hydrogen-bond acceptors (Lipinski definition) is 4. The second-order valence-electron chi connectivity index (χ2n) is 6.68. The van der Waals surface area contributed by atoms with Gasteiger partial charge in [0.05, 0.1) is 20.8 Å². The fraction of sp³-hybridized carbons (Fsp3) is 0.300. The maximum Gasteiger partial charge on any atom is 0.336 e. The summed E-state index contributed by atoms with van der Waals surface area (Å²) in [6, 6.07) is 13.1. The van der Waals surface area contributed by atoms with E-state index in [0.717, 1.165) is 42.0 Å². The first kappa shape index (κ1) is 17.5. The normalized spacial score (nSPS) is 16.2. The van der Waals surface area contributed by atoms with Crippen molar-refractivity contribution >= 4 is 39.1 Å². The lowest BCUT2D eigenvalue weighted by Gasteiger charge is -2.31. The highest BCUT2D eigenvalue weighted by Crippen LogP contribution is 2.35. The molecule has 134 valence electrons. The molecule has 0 amide bonds. The highest BCUT2D eigenvalue weighted by atomic mass is 35.5. The molecule has 1 saturated heterocycles. The van der Waals surface area contributed by atoms with Crippen LogP contribution in [0.4, 0.5) is 0 Å². The van der Waals surface area contributed by atoms with E-state index in [4.69, 9.17) is 16.6 Å². The van der Waals surface area contributed by atoms with Crippen molar-refractivity contribution in [3.8, 4) is 0 Å². The zero-order chi connectivity index (χ0) is 18.1. The predicted octanol–water partition coefficient (Wildman–Crippen LogP) is 5.03. The number of rotatable bonds is 4. The van der Waals surface area contributed by atoms with Gasteiger partial charge in [0.15, 0.2) is 0 Å². The van der Waals surface area contributed by atoms with Crippen LogP contribution in [0, 0.1) is 0 Å². The van der Waals surface area contributed by atoms with E-state index in [9.17, 15) is 9.90 Å². The van der Waals surface area contributed by atoms with Gasteiger partial charge in [-0.15, -0.1) is 11.3 Å². The lowest BCUT2D eigenvalue weighted by atomic mass is 9.96. The van der Waals surface area contributed by atoms with Gasteiger partial charge in [0.1, 0.15) is 0 Å². The van der Waals surface area contributed by atoms with Gasteiger partial charge in [-0.2, -0.15) is 0 Å². The number of fused-ring (bicyclic) bond motifs is 1. The molecule has 0 unspecified atom stereocenters. The number of likely N-dealkylation sites (tertiary alicyclic amines) is 1. The van der Waals surface area contributed by atoms with E-state index in [-0.39, 0.29) is 0 Å². The number of piperidine rings is 1. The summed E-state index contributed by atoms with van der Waals surface area (Å²) in [6.07, 6.45) is 2.09. The van der Waals surface area contributed by atoms with Gasteiger partial charge in [0.25, 0.3) is 0 Å². The molecule has 0 bridgehead atoms. The Hall–Kier alpha value is -1.95. The average molecular weight is 387 g/mol. The molecule has 2 aromatic carbocycles. The Morgan fingerprint density at radius 3 is 2.77 bits per heavy atom. The summed E-state index contributed by atoms with van der Waals surface area (Å²) >= 11 is 7.82. The van der Waals surface area contributed by atoms with Crippen molar-refractivity contribution in [2.75, 3.05) is 13.1 Å². The Kier molecular flexibility index (Phi) is 4.94. The molecule has 0 aliphatic carbocycles. The smallest absolute Gasteiger partial charge is 0.336 e. The quantitative estimate of drug-likeness (QED) is 0.683. The second-order valence-corrected chi connectivity index (χ2v) is 8.18. The summed E-state index contributed by atoms with van der Waals surface area (Å²) in [5.41, 5.74) is 2.26. The van der Waals surface area contributed by atoms with Crippen molar-refractivity contribution in [3.05, 3.63) is 63.6 Å². The number of aromatic carboxylic acids is 1. The first-order valence-corrected chi connectivity index (χ1v) is 9.89. The number of benzene rings is 2. The summed E-state index contributed by atoms with van der Waals surface area (Å²) in [7, 11) is 0. The molecule has 3 aromatic rings. The van der Waals surface area contributed by atoms with Crippen molar-refractivity contribution in [2.45, 2.75) is 25.3 Å². The minimum absolute atomic E-state index is 0.401. The van der Waals surface area contributed by atoms with Gasteiger partial charge in [0, 0.05) is 17.5 Å². The molecule has 2 heterocycles. The Morgan fingerprint density at radius 1 is 1.23 bits per heavy atom. The van der Waals surface area contributed by atoms with Crippen LogP contribution in [0.2, 0.25) is 5.02 Å². The largest absolute Gasteiger partial charge is 0.478 e. The SMILES string of the molecule is O=C(O)c1ccccc1CN1CCC(c2nc3cc(Cl)ccc3s2)CC1. The minimum atomic E-state index is -0.858. The first-order chi connectivity index (χ1) is 12.6. The van der Waals surface area contributed by atoms with Crippen molar-refractivity contribution in [1.29, 1.82) is 0 Å². The molecule has 0 atom stereocenters. The molecule has 1 aliphatic rings. The molecule has 1 aliphatic heterocycles. The van der Waals surface area contributed by atoms with Gasteiger partial charge >= 0.3 is 5.97 Å². The van der Waals surface area contributed by atoms with E-state index in [2.05, 4.69) is 4.90 Å². The molecule has 0 radical (unpaired) electrons. The molecule has 26 heavy (non-hydrogen) atoms. The van der Waals surface area contributed by atoms with Crippen LogP contribution in [0.25, 0.3) is 10.2 Å². The summed E-state index contributed by atoms with van der Waals surface area (Å²) in [5.74, 6) is -0.388.